The molecule has 1 amide bonds. The van der Waals surface area contributed by atoms with E-state index in [-0.39, 0.29) is 43.0 Å². The fourth-order valence-electron chi connectivity index (χ4n) is 3.78. The highest BCUT2D eigenvalue weighted by atomic mass is 19.4. The highest BCUT2D eigenvalue weighted by molar-refractivity contribution is 6.02. The molecule has 0 bridgehead atoms. The third-order valence-electron chi connectivity index (χ3n) is 5.39. The quantitative estimate of drug-likeness (QED) is 0.528. The van der Waals surface area contributed by atoms with Crippen molar-refractivity contribution in [3.8, 4) is 0 Å². The van der Waals surface area contributed by atoms with Gasteiger partial charge in [0.05, 0.1) is 41.6 Å². The van der Waals surface area contributed by atoms with Crippen molar-refractivity contribution in [1.29, 1.82) is 0 Å². The molecule has 1 saturated carbocycles. The number of amides is 1. The number of hydrogen-bond acceptors (Lipinski definition) is 4. The number of nitrogens with zero attached hydrogens (tertiary/aromatic N) is 1. The molecule has 2 fully saturated rings. The Kier molecular flexibility index (Phi) is 5.33. The number of alkyl halides is 5. The van der Waals surface area contributed by atoms with Gasteiger partial charge in [-0.25, -0.2) is 8.78 Å². The van der Waals surface area contributed by atoms with Crippen LogP contribution in [0.25, 0.3) is 0 Å². The van der Waals surface area contributed by atoms with Crippen LogP contribution in [0.3, 0.4) is 0 Å². The number of halogens is 5. The van der Waals surface area contributed by atoms with Crippen LogP contribution in [-0.4, -0.2) is 44.2 Å². The van der Waals surface area contributed by atoms with Crippen molar-refractivity contribution in [3.05, 3.63) is 17.7 Å². The third-order valence-corrected chi connectivity index (χ3v) is 5.39. The number of nitrogens with one attached hydrogen (secondary N) is 2. The molecule has 1 saturated heterocycles. The molecule has 0 aromatic heterocycles. The van der Waals surface area contributed by atoms with E-state index in [2.05, 4.69) is 10.6 Å². The molecule has 1 aromatic rings. The van der Waals surface area contributed by atoms with Gasteiger partial charge < -0.3 is 21.3 Å². The van der Waals surface area contributed by atoms with Crippen LogP contribution in [0.5, 0.6) is 0 Å². The standard InChI is InChI=1S/C18H23F5N4O/c1-25-14-7-15(27-8-17(19,20)9-27)12(6-13(14)24)16(28)26-11-4-2-10(3-5-11)18(21,22)23/h6-7,10-11,25H,2-5,8-9,24H2,1H3,(H,26,28)/t10-,11-. The van der Waals surface area contributed by atoms with E-state index in [1.165, 1.54) is 11.0 Å². The van der Waals surface area contributed by atoms with Crippen LogP contribution in [0.15, 0.2) is 12.1 Å². The number of nitrogens with two attached hydrogens (primary N) is 1. The first-order valence-electron chi connectivity index (χ1n) is 9.12. The van der Waals surface area contributed by atoms with Gasteiger partial charge in [-0.05, 0) is 37.8 Å². The predicted molar refractivity (Wildman–Crippen MR) is 96.8 cm³/mol. The Balaban J connectivity index is 1.73. The molecular weight excluding hydrogens is 383 g/mol. The fraction of sp³-hybridized carbons (Fsp3) is 0.611. The summed E-state index contributed by atoms with van der Waals surface area (Å²) in [7, 11) is 1.62. The van der Waals surface area contributed by atoms with Gasteiger partial charge in [0, 0.05) is 13.1 Å². The van der Waals surface area contributed by atoms with Crippen molar-refractivity contribution in [1.82, 2.24) is 5.32 Å². The van der Waals surface area contributed by atoms with E-state index in [1.54, 1.807) is 13.1 Å². The van der Waals surface area contributed by atoms with Gasteiger partial charge >= 0.3 is 6.18 Å². The van der Waals surface area contributed by atoms with Crippen LogP contribution < -0.4 is 21.3 Å². The second-order valence-electron chi connectivity index (χ2n) is 7.48. The average Bonchev–Trinajstić information content (AvgIpc) is 2.59. The number of benzene rings is 1. The van der Waals surface area contributed by atoms with Gasteiger partial charge in [0.25, 0.3) is 11.8 Å². The molecular formula is C18H23F5N4O. The lowest BCUT2D eigenvalue weighted by Gasteiger charge is -2.41. The zero-order valence-corrected chi connectivity index (χ0v) is 15.4. The van der Waals surface area contributed by atoms with Crippen molar-refractivity contribution in [2.75, 3.05) is 36.1 Å². The van der Waals surface area contributed by atoms with Gasteiger partial charge in [-0.1, -0.05) is 0 Å². The predicted octanol–water partition coefficient (Wildman–Crippen LogP) is 3.62. The van der Waals surface area contributed by atoms with E-state index in [1.807, 2.05) is 0 Å². The smallest absolute Gasteiger partial charge is 0.391 e. The molecule has 10 heteroatoms. The lowest BCUT2D eigenvalue weighted by molar-refractivity contribution is -0.182. The van der Waals surface area contributed by atoms with Crippen LogP contribution in [-0.2, 0) is 0 Å². The second-order valence-corrected chi connectivity index (χ2v) is 7.48. The van der Waals surface area contributed by atoms with E-state index in [4.69, 9.17) is 5.73 Å². The topological polar surface area (TPSA) is 70.4 Å². The first-order chi connectivity index (χ1) is 13.0. The zero-order chi connectivity index (χ0) is 20.7. The summed E-state index contributed by atoms with van der Waals surface area (Å²) in [6.45, 7) is -1.01. The normalized spacial score (nSPS) is 24.4. The molecule has 0 radical (unpaired) electrons. The molecule has 5 nitrogen and oxygen atoms in total. The second kappa shape index (κ2) is 7.29. The summed E-state index contributed by atoms with van der Waals surface area (Å²) in [5, 5.41) is 5.59. The first-order valence-corrected chi connectivity index (χ1v) is 9.12. The molecule has 1 heterocycles. The maximum Gasteiger partial charge on any atom is 0.391 e. The van der Waals surface area contributed by atoms with Crippen molar-refractivity contribution in [2.24, 2.45) is 5.92 Å². The number of carbonyl (C=O) groups is 1. The highest BCUT2D eigenvalue weighted by Gasteiger charge is 2.45. The summed E-state index contributed by atoms with van der Waals surface area (Å²) >= 11 is 0. The molecule has 0 spiro atoms. The van der Waals surface area contributed by atoms with Crippen LogP contribution in [0.2, 0.25) is 0 Å². The van der Waals surface area contributed by atoms with Crippen LogP contribution in [0.4, 0.5) is 39.0 Å². The summed E-state index contributed by atoms with van der Waals surface area (Å²) in [4.78, 5) is 14.1. The van der Waals surface area contributed by atoms with E-state index in [0.717, 1.165) is 0 Å². The number of carbonyl (C=O) groups excluding carboxylic acids is 1. The lowest BCUT2D eigenvalue weighted by atomic mass is 9.85. The molecule has 2 aliphatic rings. The minimum Gasteiger partial charge on any atom is -0.397 e. The molecule has 1 aliphatic heterocycles. The van der Waals surface area contributed by atoms with Crippen molar-refractivity contribution in [2.45, 2.75) is 43.8 Å². The van der Waals surface area contributed by atoms with Crippen molar-refractivity contribution in [3.63, 3.8) is 0 Å². The SMILES string of the molecule is CNc1cc(N2CC(F)(F)C2)c(C(=O)N[C@H]2CC[C@H](C(F)(F)F)CC2)cc1N. The Morgan fingerprint density at radius 3 is 2.29 bits per heavy atom. The fourth-order valence-corrected chi connectivity index (χ4v) is 3.78. The van der Waals surface area contributed by atoms with Crippen LogP contribution in [0.1, 0.15) is 36.0 Å². The Morgan fingerprint density at radius 2 is 1.79 bits per heavy atom. The maximum absolute atomic E-state index is 13.3. The summed E-state index contributed by atoms with van der Waals surface area (Å²) < 4.78 is 65.0. The summed E-state index contributed by atoms with van der Waals surface area (Å²) in [6.07, 6.45) is -3.86. The van der Waals surface area contributed by atoms with Gasteiger partial charge in [0.2, 0.25) is 0 Å². The summed E-state index contributed by atoms with van der Waals surface area (Å²) in [5.41, 5.74) is 7.17. The minimum absolute atomic E-state index is 0.0412. The molecule has 4 N–H and O–H groups in total. The van der Waals surface area contributed by atoms with E-state index >= 15 is 0 Å². The minimum atomic E-state index is -4.22. The van der Waals surface area contributed by atoms with Gasteiger partial charge in [-0.3, -0.25) is 4.79 Å². The highest BCUT2D eigenvalue weighted by Crippen LogP contribution is 2.39. The zero-order valence-electron chi connectivity index (χ0n) is 15.4. The van der Waals surface area contributed by atoms with Gasteiger partial charge in [0.1, 0.15) is 0 Å². The van der Waals surface area contributed by atoms with E-state index in [0.29, 0.717) is 11.4 Å². The third kappa shape index (κ3) is 4.25. The Labute approximate surface area is 159 Å². The molecule has 156 valence electrons. The molecule has 28 heavy (non-hydrogen) atoms. The maximum atomic E-state index is 13.3. The van der Waals surface area contributed by atoms with E-state index in [9.17, 15) is 26.7 Å². The number of rotatable bonds is 4. The largest absolute Gasteiger partial charge is 0.397 e. The summed E-state index contributed by atoms with van der Waals surface area (Å²) in [5.74, 6) is -4.68. The van der Waals surface area contributed by atoms with Gasteiger partial charge in [-0.2, -0.15) is 13.2 Å². The van der Waals surface area contributed by atoms with Crippen molar-refractivity contribution >= 4 is 23.0 Å². The number of nitrogen functional groups attached to an aromatic ring is 1. The Hall–Kier alpha value is -2.26. The number of anilines is 3. The van der Waals surface area contributed by atoms with Crippen LogP contribution >= 0.6 is 0 Å². The molecule has 0 atom stereocenters. The van der Waals surface area contributed by atoms with Gasteiger partial charge in [0.15, 0.2) is 0 Å². The molecule has 1 aliphatic carbocycles. The first kappa shape index (κ1) is 20.5. The Morgan fingerprint density at radius 1 is 1.18 bits per heavy atom. The Bertz CT molecular complexity index is 736. The van der Waals surface area contributed by atoms with Crippen LogP contribution in [0, 0.1) is 5.92 Å². The van der Waals surface area contributed by atoms with Crippen molar-refractivity contribution < 1.29 is 26.7 Å². The van der Waals surface area contributed by atoms with E-state index < -0.39 is 37.0 Å². The molecule has 0 unspecified atom stereocenters. The molecule has 3 rings (SSSR count). The lowest BCUT2D eigenvalue weighted by Crippen LogP contribution is -2.57. The monoisotopic (exact) mass is 406 g/mol. The molecule has 1 aromatic carbocycles. The summed E-state index contributed by atoms with van der Waals surface area (Å²) in [6, 6.07) is 2.57. The average molecular weight is 406 g/mol. The number of hydrogen-bond donors (Lipinski definition) is 3. The van der Waals surface area contributed by atoms with Gasteiger partial charge in [-0.15, -0.1) is 0 Å².